The molecule has 0 unspecified atom stereocenters. The molecular weight excluding hydrogens is 400 g/mol. The lowest BCUT2D eigenvalue weighted by atomic mass is 9.93. The predicted molar refractivity (Wildman–Crippen MR) is 118 cm³/mol. The molecule has 0 bridgehead atoms. The van der Waals surface area contributed by atoms with Crippen LogP contribution in [0.2, 0.25) is 5.02 Å². The number of hydrogen-bond donors (Lipinski definition) is 0. The second-order valence-electron chi connectivity index (χ2n) is 9.15. The molecule has 6 rings (SSSR count). The highest BCUT2D eigenvalue weighted by molar-refractivity contribution is 6.34. The number of rotatable bonds is 4. The van der Waals surface area contributed by atoms with Gasteiger partial charge in [-0.1, -0.05) is 11.6 Å². The molecule has 0 radical (unpaired) electrons. The molecule has 3 aliphatic rings. The zero-order valence-electron chi connectivity index (χ0n) is 17.3. The van der Waals surface area contributed by atoms with Crippen LogP contribution >= 0.6 is 11.6 Å². The minimum atomic E-state index is 0.207. The van der Waals surface area contributed by atoms with E-state index >= 15 is 0 Å². The molecule has 1 aromatic carbocycles. The Kier molecular flexibility index (Phi) is 4.34. The standard InChI is InChI=1S/C22H27ClN6O/c1-22(14-30-15-22)27-7-5-26(6-8-27)21-10-20-16(9-19(21)23)11-25-29(20)18-12-24-28(13-18)17-3-2-4-17/h9-13,17H,2-8,14-15H2,1H3. The maximum Gasteiger partial charge on any atom is 0.103 e. The van der Waals surface area contributed by atoms with Crippen LogP contribution < -0.4 is 4.90 Å². The summed E-state index contributed by atoms with van der Waals surface area (Å²) in [5, 5.41) is 11.1. The van der Waals surface area contributed by atoms with Crippen LogP contribution in [0.1, 0.15) is 32.2 Å². The van der Waals surface area contributed by atoms with E-state index in [4.69, 9.17) is 16.3 Å². The van der Waals surface area contributed by atoms with Crippen molar-refractivity contribution in [2.75, 3.05) is 44.3 Å². The summed E-state index contributed by atoms with van der Waals surface area (Å²) in [6, 6.07) is 4.78. The average molecular weight is 427 g/mol. The second-order valence-corrected chi connectivity index (χ2v) is 9.55. The highest BCUT2D eigenvalue weighted by Crippen LogP contribution is 2.35. The van der Waals surface area contributed by atoms with Crippen molar-refractivity contribution in [1.29, 1.82) is 0 Å². The molecule has 30 heavy (non-hydrogen) atoms. The number of halogens is 1. The van der Waals surface area contributed by atoms with E-state index in [1.165, 1.54) is 19.3 Å². The molecule has 1 aliphatic carbocycles. The van der Waals surface area contributed by atoms with Gasteiger partial charge in [0.25, 0.3) is 0 Å². The molecule has 1 saturated carbocycles. The maximum atomic E-state index is 6.70. The lowest BCUT2D eigenvalue weighted by Crippen LogP contribution is -2.64. The molecule has 0 spiro atoms. The molecule has 0 N–H and O–H groups in total. The van der Waals surface area contributed by atoms with Crippen LogP contribution in [0.15, 0.2) is 30.7 Å². The van der Waals surface area contributed by atoms with Gasteiger partial charge < -0.3 is 9.64 Å². The van der Waals surface area contributed by atoms with Gasteiger partial charge in [-0.05, 0) is 38.3 Å². The Balaban J connectivity index is 1.28. The van der Waals surface area contributed by atoms with Crippen molar-refractivity contribution >= 4 is 28.2 Å². The molecule has 2 aliphatic heterocycles. The third-order valence-corrected chi connectivity index (χ3v) is 7.43. The first-order valence-corrected chi connectivity index (χ1v) is 11.3. The van der Waals surface area contributed by atoms with Crippen molar-refractivity contribution in [3.8, 4) is 5.69 Å². The maximum absolute atomic E-state index is 6.70. The summed E-state index contributed by atoms with van der Waals surface area (Å²) in [5.74, 6) is 0. The quantitative estimate of drug-likeness (QED) is 0.639. The number of nitrogens with zero attached hydrogens (tertiary/aromatic N) is 6. The summed E-state index contributed by atoms with van der Waals surface area (Å²) in [4.78, 5) is 4.95. The molecule has 8 heteroatoms. The molecule has 0 amide bonds. The van der Waals surface area contributed by atoms with Crippen molar-refractivity contribution in [2.45, 2.75) is 37.8 Å². The third kappa shape index (κ3) is 2.94. The van der Waals surface area contributed by atoms with Gasteiger partial charge in [0.2, 0.25) is 0 Å². The number of hydrogen-bond acceptors (Lipinski definition) is 5. The summed E-state index contributed by atoms with van der Waals surface area (Å²) in [5.41, 5.74) is 3.38. The highest BCUT2D eigenvalue weighted by Gasteiger charge is 2.40. The fourth-order valence-corrected chi connectivity index (χ4v) is 5.13. The molecule has 3 aromatic rings. The monoisotopic (exact) mass is 426 g/mol. The van der Waals surface area contributed by atoms with Crippen LogP contribution in [0.5, 0.6) is 0 Å². The fourth-order valence-electron chi connectivity index (χ4n) is 4.84. The Labute approximate surface area is 181 Å². The lowest BCUT2D eigenvalue weighted by molar-refractivity contribution is -0.131. The van der Waals surface area contributed by atoms with Gasteiger partial charge in [0, 0.05) is 31.6 Å². The second kappa shape index (κ2) is 6.97. The van der Waals surface area contributed by atoms with E-state index in [0.717, 1.165) is 66.7 Å². The van der Waals surface area contributed by atoms with Crippen LogP contribution in [0.25, 0.3) is 16.6 Å². The Morgan fingerprint density at radius 1 is 1.07 bits per heavy atom. The zero-order chi connectivity index (χ0) is 20.3. The molecule has 7 nitrogen and oxygen atoms in total. The number of ether oxygens (including phenoxy) is 1. The Morgan fingerprint density at radius 2 is 1.87 bits per heavy atom. The van der Waals surface area contributed by atoms with Gasteiger partial charge in [-0.3, -0.25) is 9.58 Å². The largest absolute Gasteiger partial charge is 0.377 e. The van der Waals surface area contributed by atoms with Gasteiger partial charge in [0.05, 0.1) is 59.6 Å². The smallest absolute Gasteiger partial charge is 0.103 e. The van der Waals surface area contributed by atoms with E-state index in [2.05, 4.69) is 43.9 Å². The molecule has 158 valence electrons. The minimum Gasteiger partial charge on any atom is -0.377 e. The van der Waals surface area contributed by atoms with Gasteiger partial charge in [-0.15, -0.1) is 0 Å². The van der Waals surface area contributed by atoms with E-state index in [0.29, 0.717) is 6.04 Å². The first-order chi connectivity index (χ1) is 14.6. The summed E-state index contributed by atoms with van der Waals surface area (Å²) in [6.45, 7) is 7.97. The highest BCUT2D eigenvalue weighted by atomic mass is 35.5. The number of anilines is 1. The number of benzene rings is 1. The van der Waals surface area contributed by atoms with E-state index in [-0.39, 0.29) is 5.54 Å². The SMILES string of the molecule is CC1(N2CCN(c3cc4c(cnn4-c4cnn(C5CCC5)c4)cc3Cl)CC2)COC1. The Hall–Kier alpha value is -2.09. The Bertz CT molecular complexity index is 1070. The van der Waals surface area contributed by atoms with Crippen molar-refractivity contribution in [1.82, 2.24) is 24.5 Å². The van der Waals surface area contributed by atoms with Crippen LogP contribution in [0.3, 0.4) is 0 Å². The summed E-state index contributed by atoms with van der Waals surface area (Å²) < 4.78 is 9.53. The fraction of sp³-hybridized carbons (Fsp3) is 0.545. The topological polar surface area (TPSA) is 51.3 Å². The zero-order valence-corrected chi connectivity index (χ0v) is 18.1. The van der Waals surface area contributed by atoms with E-state index in [1.54, 1.807) is 0 Å². The number of fused-ring (bicyclic) bond motifs is 1. The van der Waals surface area contributed by atoms with Crippen LogP contribution in [-0.2, 0) is 4.74 Å². The van der Waals surface area contributed by atoms with E-state index in [1.807, 2.05) is 23.1 Å². The van der Waals surface area contributed by atoms with Gasteiger partial charge in [0.15, 0.2) is 0 Å². The normalized spacial score (nSPS) is 22.3. The van der Waals surface area contributed by atoms with Crippen LogP contribution in [0, 0.1) is 0 Å². The van der Waals surface area contributed by atoms with Crippen LogP contribution in [0.4, 0.5) is 5.69 Å². The van der Waals surface area contributed by atoms with E-state index in [9.17, 15) is 0 Å². The van der Waals surface area contributed by atoms with Gasteiger partial charge in [-0.25, -0.2) is 4.68 Å². The summed E-state index contributed by atoms with van der Waals surface area (Å²) >= 11 is 6.70. The average Bonchev–Trinajstić information content (AvgIpc) is 3.31. The van der Waals surface area contributed by atoms with Gasteiger partial charge in [-0.2, -0.15) is 10.2 Å². The first kappa shape index (κ1) is 18.7. The van der Waals surface area contributed by atoms with Gasteiger partial charge in [0.1, 0.15) is 5.69 Å². The Morgan fingerprint density at radius 3 is 2.53 bits per heavy atom. The van der Waals surface area contributed by atoms with Crippen molar-refractivity contribution < 1.29 is 4.74 Å². The molecule has 4 heterocycles. The third-order valence-electron chi connectivity index (χ3n) is 7.13. The van der Waals surface area contributed by atoms with E-state index < -0.39 is 0 Å². The van der Waals surface area contributed by atoms with Crippen molar-refractivity contribution in [2.24, 2.45) is 0 Å². The summed E-state index contributed by atoms with van der Waals surface area (Å²) in [6.07, 6.45) is 9.66. The lowest BCUT2D eigenvalue weighted by Gasteiger charge is -2.50. The molecule has 3 fully saturated rings. The molecule has 0 atom stereocenters. The summed E-state index contributed by atoms with van der Waals surface area (Å²) in [7, 11) is 0. The molecular formula is C22H27ClN6O. The number of piperazine rings is 1. The molecule has 2 aromatic heterocycles. The number of aromatic nitrogens is 4. The van der Waals surface area contributed by atoms with Crippen molar-refractivity contribution in [3.63, 3.8) is 0 Å². The molecule has 2 saturated heterocycles. The van der Waals surface area contributed by atoms with Gasteiger partial charge >= 0.3 is 0 Å². The first-order valence-electron chi connectivity index (χ1n) is 10.9. The van der Waals surface area contributed by atoms with Crippen molar-refractivity contribution in [3.05, 3.63) is 35.7 Å². The predicted octanol–water partition coefficient (Wildman–Crippen LogP) is 3.51. The minimum absolute atomic E-state index is 0.207. The van der Waals surface area contributed by atoms with Crippen LogP contribution in [-0.4, -0.2) is 69.4 Å².